The molecular weight excluding hydrogens is 288 g/mol. The Morgan fingerprint density at radius 3 is 2.52 bits per heavy atom. The fourth-order valence-corrected chi connectivity index (χ4v) is 1.71. The molecule has 2 aromatic rings. The minimum atomic E-state index is -4.42. The molecule has 0 unspecified atom stereocenters. The van der Waals surface area contributed by atoms with E-state index in [1.165, 1.54) is 24.3 Å². The van der Waals surface area contributed by atoms with Crippen molar-refractivity contribution in [1.29, 1.82) is 0 Å². The highest BCUT2D eigenvalue weighted by atomic mass is 19.4. The minimum absolute atomic E-state index is 0.117. The van der Waals surface area contributed by atoms with Crippen LogP contribution >= 0.6 is 0 Å². The standard InChI is InChI=1S/C15H10F4O2/c16-14-5-4-13(7-11(14)8-20)21-9-10-2-1-3-12(6-10)15(17,18)19/h1-8H,9H2. The van der Waals surface area contributed by atoms with E-state index in [4.69, 9.17) is 4.74 Å². The summed E-state index contributed by atoms with van der Waals surface area (Å²) in [6, 6.07) is 8.26. The number of hydrogen-bond acceptors (Lipinski definition) is 2. The van der Waals surface area contributed by atoms with Crippen molar-refractivity contribution >= 4 is 6.29 Å². The summed E-state index contributed by atoms with van der Waals surface area (Å²) >= 11 is 0. The number of ether oxygens (including phenoxy) is 1. The predicted octanol–water partition coefficient (Wildman–Crippen LogP) is 4.24. The lowest BCUT2D eigenvalue weighted by atomic mass is 10.1. The monoisotopic (exact) mass is 298 g/mol. The lowest BCUT2D eigenvalue weighted by molar-refractivity contribution is -0.137. The molecule has 0 aliphatic carbocycles. The molecule has 0 aromatic heterocycles. The molecule has 0 atom stereocenters. The highest BCUT2D eigenvalue weighted by Gasteiger charge is 2.30. The smallest absolute Gasteiger partial charge is 0.416 e. The topological polar surface area (TPSA) is 26.3 Å². The molecular formula is C15H10F4O2. The van der Waals surface area contributed by atoms with Gasteiger partial charge < -0.3 is 4.74 Å². The summed E-state index contributed by atoms with van der Waals surface area (Å²) in [4.78, 5) is 10.6. The fourth-order valence-electron chi connectivity index (χ4n) is 1.71. The maximum absolute atomic E-state index is 13.1. The van der Waals surface area contributed by atoms with Crippen LogP contribution in [0.3, 0.4) is 0 Å². The van der Waals surface area contributed by atoms with Crippen LogP contribution in [0.25, 0.3) is 0 Å². The van der Waals surface area contributed by atoms with Crippen LogP contribution in [-0.4, -0.2) is 6.29 Å². The van der Waals surface area contributed by atoms with Gasteiger partial charge in [-0.3, -0.25) is 4.79 Å². The van der Waals surface area contributed by atoms with Gasteiger partial charge in [0.2, 0.25) is 0 Å². The summed E-state index contributed by atoms with van der Waals surface area (Å²) in [7, 11) is 0. The summed E-state index contributed by atoms with van der Waals surface area (Å²) in [6.07, 6.45) is -4.08. The Labute approximate surface area is 118 Å². The third-order valence-corrected chi connectivity index (χ3v) is 2.75. The van der Waals surface area contributed by atoms with Crippen LogP contribution in [-0.2, 0) is 12.8 Å². The van der Waals surface area contributed by atoms with Crippen LogP contribution in [0.1, 0.15) is 21.5 Å². The van der Waals surface area contributed by atoms with Crippen molar-refractivity contribution in [3.63, 3.8) is 0 Å². The number of carbonyl (C=O) groups excluding carboxylic acids is 1. The van der Waals surface area contributed by atoms with Crippen LogP contribution < -0.4 is 4.74 Å². The molecule has 0 fully saturated rings. The molecule has 2 nitrogen and oxygen atoms in total. The summed E-state index contributed by atoms with van der Waals surface area (Å²) in [6.45, 7) is -0.117. The molecule has 0 heterocycles. The highest BCUT2D eigenvalue weighted by Crippen LogP contribution is 2.29. The van der Waals surface area contributed by atoms with Crippen LogP contribution in [0, 0.1) is 5.82 Å². The molecule has 0 spiro atoms. The maximum Gasteiger partial charge on any atom is 0.416 e. The molecule has 0 saturated carbocycles. The molecule has 0 aliphatic rings. The van der Waals surface area contributed by atoms with E-state index in [1.54, 1.807) is 0 Å². The van der Waals surface area contributed by atoms with Gasteiger partial charge in [0, 0.05) is 0 Å². The summed E-state index contributed by atoms with van der Waals surface area (Å²) in [5, 5.41) is 0. The van der Waals surface area contributed by atoms with E-state index in [9.17, 15) is 22.4 Å². The van der Waals surface area contributed by atoms with Crippen LogP contribution in [0.15, 0.2) is 42.5 Å². The lowest BCUT2D eigenvalue weighted by Crippen LogP contribution is -2.06. The van der Waals surface area contributed by atoms with Gasteiger partial charge in [0.15, 0.2) is 6.29 Å². The van der Waals surface area contributed by atoms with Gasteiger partial charge in [-0.15, -0.1) is 0 Å². The quantitative estimate of drug-likeness (QED) is 0.623. The Hall–Kier alpha value is -2.37. The average Bonchev–Trinajstić information content (AvgIpc) is 2.46. The highest BCUT2D eigenvalue weighted by molar-refractivity contribution is 5.75. The second-order valence-corrected chi connectivity index (χ2v) is 4.29. The van der Waals surface area contributed by atoms with E-state index in [2.05, 4.69) is 0 Å². The number of aldehydes is 1. The molecule has 2 aromatic carbocycles. The van der Waals surface area contributed by atoms with Crippen molar-refractivity contribution < 1.29 is 27.1 Å². The number of halogens is 4. The first-order chi connectivity index (χ1) is 9.90. The third-order valence-electron chi connectivity index (χ3n) is 2.75. The van der Waals surface area contributed by atoms with Crippen molar-refractivity contribution in [2.75, 3.05) is 0 Å². The van der Waals surface area contributed by atoms with Gasteiger partial charge in [-0.1, -0.05) is 12.1 Å². The molecule has 21 heavy (non-hydrogen) atoms. The molecule has 0 amide bonds. The number of rotatable bonds is 4. The Balaban J connectivity index is 2.11. The molecule has 0 radical (unpaired) electrons. The van der Waals surface area contributed by atoms with E-state index in [0.29, 0.717) is 11.8 Å². The van der Waals surface area contributed by atoms with E-state index in [0.717, 1.165) is 18.2 Å². The van der Waals surface area contributed by atoms with Crippen molar-refractivity contribution in [1.82, 2.24) is 0 Å². The molecule has 0 N–H and O–H groups in total. The zero-order valence-electron chi connectivity index (χ0n) is 10.7. The zero-order chi connectivity index (χ0) is 15.5. The van der Waals surface area contributed by atoms with Crippen LogP contribution in [0.2, 0.25) is 0 Å². The van der Waals surface area contributed by atoms with Gasteiger partial charge in [0.1, 0.15) is 18.2 Å². The van der Waals surface area contributed by atoms with E-state index in [-0.39, 0.29) is 17.9 Å². The molecule has 0 aliphatic heterocycles. The Morgan fingerprint density at radius 1 is 1.10 bits per heavy atom. The van der Waals surface area contributed by atoms with Crippen LogP contribution in [0.5, 0.6) is 5.75 Å². The van der Waals surface area contributed by atoms with Gasteiger partial charge in [-0.2, -0.15) is 13.2 Å². The van der Waals surface area contributed by atoms with Gasteiger partial charge >= 0.3 is 6.18 Å². The van der Waals surface area contributed by atoms with Crippen molar-refractivity contribution in [2.45, 2.75) is 12.8 Å². The lowest BCUT2D eigenvalue weighted by Gasteiger charge is -2.10. The number of hydrogen-bond donors (Lipinski definition) is 0. The SMILES string of the molecule is O=Cc1cc(OCc2cccc(C(F)(F)F)c2)ccc1F. The summed E-state index contributed by atoms with van der Waals surface area (Å²) in [5.41, 5.74) is -0.616. The van der Waals surface area contributed by atoms with Gasteiger partial charge in [-0.25, -0.2) is 4.39 Å². The molecule has 0 saturated heterocycles. The first kappa shape index (κ1) is 15.0. The fraction of sp³-hybridized carbons (Fsp3) is 0.133. The Morgan fingerprint density at radius 2 is 1.86 bits per heavy atom. The molecule has 110 valence electrons. The van der Waals surface area contributed by atoms with Gasteiger partial charge in [0.25, 0.3) is 0 Å². The number of carbonyl (C=O) groups is 1. The molecule has 2 rings (SSSR count). The van der Waals surface area contributed by atoms with Crippen molar-refractivity contribution in [3.8, 4) is 5.75 Å². The summed E-state index contributed by atoms with van der Waals surface area (Å²) in [5.74, 6) is -0.479. The first-order valence-electron chi connectivity index (χ1n) is 5.94. The second kappa shape index (κ2) is 5.95. The van der Waals surface area contributed by atoms with E-state index in [1.807, 2.05) is 0 Å². The van der Waals surface area contributed by atoms with E-state index < -0.39 is 17.6 Å². The van der Waals surface area contributed by atoms with Crippen LogP contribution in [0.4, 0.5) is 17.6 Å². The average molecular weight is 298 g/mol. The normalized spacial score (nSPS) is 11.2. The van der Waals surface area contributed by atoms with Gasteiger partial charge in [-0.05, 0) is 35.9 Å². The minimum Gasteiger partial charge on any atom is -0.489 e. The predicted molar refractivity (Wildman–Crippen MR) is 67.6 cm³/mol. The first-order valence-corrected chi connectivity index (χ1v) is 5.94. The number of benzene rings is 2. The number of alkyl halides is 3. The van der Waals surface area contributed by atoms with E-state index >= 15 is 0 Å². The maximum atomic E-state index is 13.1. The Kier molecular flexibility index (Phi) is 4.26. The second-order valence-electron chi connectivity index (χ2n) is 4.29. The zero-order valence-corrected chi connectivity index (χ0v) is 10.7. The molecule has 0 bridgehead atoms. The third kappa shape index (κ3) is 3.81. The Bertz CT molecular complexity index is 650. The largest absolute Gasteiger partial charge is 0.489 e. The summed E-state index contributed by atoms with van der Waals surface area (Å²) < 4.78 is 56.0. The van der Waals surface area contributed by atoms with Gasteiger partial charge in [0.05, 0.1) is 11.1 Å². The van der Waals surface area contributed by atoms with Crippen molar-refractivity contribution in [3.05, 3.63) is 65.0 Å². The van der Waals surface area contributed by atoms with Crippen molar-refractivity contribution in [2.24, 2.45) is 0 Å². The molecule has 6 heteroatoms.